The van der Waals surface area contributed by atoms with Crippen LogP contribution in [0.4, 0.5) is 0 Å². The van der Waals surface area contributed by atoms with Crippen LogP contribution in [0.15, 0.2) is 0 Å². The Kier molecular flexibility index (Phi) is 4.57. The van der Waals surface area contributed by atoms with E-state index in [0.29, 0.717) is 0 Å². The second-order valence-electron chi connectivity index (χ2n) is 4.82. The molecule has 1 aromatic rings. The molecule has 0 aromatic carbocycles. The normalized spacial score (nSPS) is 11.9. The number of hydrogen-bond donors (Lipinski definition) is 1. The molecule has 0 aliphatic carbocycles. The summed E-state index contributed by atoms with van der Waals surface area (Å²) in [6.45, 7) is 9.51. The molecule has 1 heterocycles. The van der Waals surface area contributed by atoms with Crippen LogP contribution in [0.3, 0.4) is 0 Å². The van der Waals surface area contributed by atoms with Crippen LogP contribution in [0.25, 0.3) is 0 Å². The molecule has 0 radical (unpaired) electrons. The van der Waals surface area contributed by atoms with Crippen molar-refractivity contribution in [3.63, 3.8) is 0 Å². The Bertz CT molecular complexity index is 367. The minimum atomic E-state index is 0.188. The number of aromatic nitrogens is 2. The number of methoxy groups -OCH3 is 1. The van der Waals surface area contributed by atoms with E-state index in [9.17, 15) is 0 Å². The van der Waals surface area contributed by atoms with Crippen molar-refractivity contribution in [1.82, 2.24) is 15.1 Å². The quantitative estimate of drug-likeness (QED) is 0.828. The van der Waals surface area contributed by atoms with E-state index in [1.54, 1.807) is 11.8 Å². The number of rotatable bonds is 6. The summed E-state index contributed by atoms with van der Waals surface area (Å²) in [4.78, 5) is 0. The van der Waals surface area contributed by atoms with Gasteiger partial charge in [0.2, 0.25) is 5.88 Å². The Balaban J connectivity index is 2.82. The summed E-state index contributed by atoms with van der Waals surface area (Å²) in [6, 6.07) is 0. The Morgan fingerprint density at radius 3 is 2.41 bits per heavy atom. The molecule has 0 saturated heterocycles. The SMILES string of the molecule is CCC(C)(CC)NCc1c(C)nn(C)c1OC. The van der Waals surface area contributed by atoms with Crippen molar-refractivity contribution < 1.29 is 4.74 Å². The molecule has 98 valence electrons. The van der Waals surface area contributed by atoms with Crippen LogP contribution in [0.2, 0.25) is 0 Å². The number of nitrogens with one attached hydrogen (secondary N) is 1. The number of nitrogens with zero attached hydrogens (tertiary/aromatic N) is 2. The minimum absolute atomic E-state index is 0.188. The molecule has 4 nitrogen and oxygen atoms in total. The standard InChI is InChI=1S/C13H25N3O/c1-7-13(4,8-2)14-9-11-10(3)15-16(5)12(11)17-6/h14H,7-9H2,1-6H3. The molecule has 17 heavy (non-hydrogen) atoms. The molecule has 0 saturated carbocycles. The van der Waals surface area contributed by atoms with Gasteiger partial charge in [0.05, 0.1) is 18.4 Å². The molecule has 0 fully saturated rings. The molecule has 1 N–H and O–H groups in total. The monoisotopic (exact) mass is 239 g/mol. The van der Waals surface area contributed by atoms with Gasteiger partial charge in [-0.3, -0.25) is 0 Å². The summed E-state index contributed by atoms with van der Waals surface area (Å²) in [5.74, 6) is 0.851. The predicted octanol–water partition coefficient (Wildman–Crippen LogP) is 2.41. The van der Waals surface area contributed by atoms with Gasteiger partial charge in [-0.25, -0.2) is 4.68 Å². The predicted molar refractivity (Wildman–Crippen MR) is 70.3 cm³/mol. The van der Waals surface area contributed by atoms with Crippen LogP contribution in [0.1, 0.15) is 44.9 Å². The first kappa shape index (κ1) is 14.0. The lowest BCUT2D eigenvalue weighted by Gasteiger charge is -2.28. The van der Waals surface area contributed by atoms with Gasteiger partial charge in [-0.05, 0) is 26.7 Å². The molecule has 0 aliphatic rings. The van der Waals surface area contributed by atoms with Gasteiger partial charge < -0.3 is 10.1 Å². The largest absolute Gasteiger partial charge is 0.481 e. The zero-order valence-corrected chi connectivity index (χ0v) is 11.9. The molecule has 1 aromatic heterocycles. The molecule has 0 atom stereocenters. The lowest BCUT2D eigenvalue weighted by Crippen LogP contribution is -2.40. The lowest BCUT2D eigenvalue weighted by atomic mass is 9.95. The molecule has 0 unspecified atom stereocenters. The first-order valence-corrected chi connectivity index (χ1v) is 6.29. The average molecular weight is 239 g/mol. The minimum Gasteiger partial charge on any atom is -0.481 e. The summed E-state index contributed by atoms with van der Waals surface area (Å²) in [6.07, 6.45) is 2.23. The highest BCUT2D eigenvalue weighted by Crippen LogP contribution is 2.22. The maximum Gasteiger partial charge on any atom is 0.216 e. The van der Waals surface area contributed by atoms with Crippen LogP contribution >= 0.6 is 0 Å². The van der Waals surface area contributed by atoms with Gasteiger partial charge in [0.25, 0.3) is 0 Å². The fourth-order valence-electron chi connectivity index (χ4n) is 1.94. The van der Waals surface area contributed by atoms with E-state index in [-0.39, 0.29) is 5.54 Å². The second kappa shape index (κ2) is 5.54. The number of ether oxygens (including phenoxy) is 1. The van der Waals surface area contributed by atoms with E-state index in [1.165, 1.54) is 0 Å². The highest BCUT2D eigenvalue weighted by atomic mass is 16.5. The highest BCUT2D eigenvalue weighted by molar-refractivity contribution is 5.30. The van der Waals surface area contributed by atoms with Crippen molar-refractivity contribution in [3.05, 3.63) is 11.3 Å². The third kappa shape index (κ3) is 3.00. The Morgan fingerprint density at radius 2 is 1.94 bits per heavy atom. The summed E-state index contributed by atoms with van der Waals surface area (Å²) >= 11 is 0. The van der Waals surface area contributed by atoms with Crippen LogP contribution in [0, 0.1) is 6.92 Å². The van der Waals surface area contributed by atoms with Crippen LogP contribution < -0.4 is 10.1 Å². The fourth-order valence-corrected chi connectivity index (χ4v) is 1.94. The van der Waals surface area contributed by atoms with Crippen molar-refractivity contribution in [2.75, 3.05) is 7.11 Å². The van der Waals surface area contributed by atoms with Crippen molar-refractivity contribution in [2.24, 2.45) is 7.05 Å². The smallest absolute Gasteiger partial charge is 0.216 e. The van der Waals surface area contributed by atoms with Crippen molar-refractivity contribution in [2.45, 2.75) is 52.6 Å². The van der Waals surface area contributed by atoms with Gasteiger partial charge in [0.1, 0.15) is 0 Å². The lowest BCUT2D eigenvalue weighted by molar-refractivity contribution is 0.322. The molecule has 0 aliphatic heterocycles. The van der Waals surface area contributed by atoms with Crippen LogP contribution in [-0.4, -0.2) is 22.4 Å². The summed E-state index contributed by atoms with van der Waals surface area (Å²) in [7, 11) is 3.60. The van der Waals surface area contributed by atoms with E-state index in [1.807, 2.05) is 14.0 Å². The molecular formula is C13H25N3O. The molecule has 1 rings (SSSR count). The average Bonchev–Trinajstić information content (AvgIpc) is 2.60. The number of hydrogen-bond acceptors (Lipinski definition) is 3. The third-order valence-corrected chi connectivity index (χ3v) is 3.73. The van der Waals surface area contributed by atoms with Gasteiger partial charge in [-0.15, -0.1) is 0 Å². The van der Waals surface area contributed by atoms with Crippen LogP contribution in [0.5, 0.6) is 5.88 Å². The van der Waals surface area contributed by atoms with Gasteiger partial charge in [0, 0.05) is 19.1 Å². The van der Waals surface area contributed by atoms with Gasteiger partial charge in [-0.1, -0.05) is 13.8 Å². The van der Waals surface area contributed by atoms with Crippen molar-refractivity contribution >= 4 is 0 Å². The molecule has 0 bridgehead atoms. The zero-order valence-electron chi connectivity index (χ0n) is 11.9. The molecular weight excluding hydrogens is 214 g/mol. The molecule has 0 spiro atoms. The summed E-state index contributed by atoms with van der Waals surface area (Å²) < 4.78 is 7.18. The van der Waals surface area contributed by atoms with E-state index in [4.69, 9.17) is 4.74 Å². The first-order valence-electron chi connectivity index (χ1n) is 6.29. The third-order valence-electron chi connectivity index (χ3n) is 3.73. The Labute approximate surface area is 104 Å². The van der Waals surface area contributed by atoms with E-state index < -0.39 is 0 Å². The van der Waals surface area contributed by atoms with Crippen molar-refractivity contribution in [1.29, 1.82) is 0 Å². The maximum absolute atomic E-state index is 5.39. The second-order valence-corrected chi connectivity index (χ2v) is 4.82. The highest BCUT2D eigenvalue weighted by Gasteiger charge is 2.21. The molecule has 0 amide bonds. The van der Waals surface area contributed by atoms with Gasteiger partial charge in [-0.2, -0.15) is 5.10 Å². The molecule has 4 heteroatoms. The van der Waals surface area contributed by atoms with Crippen LogP contribution in [-0.2, 0) is 13.6 Å². The first-order chi connectivity index (χ1) is 7.97. The van der Waals surface area contributed by atoms with E-state index in [2.05, 4.69) is 31.2 Å². The zero-order chi connectivity index (χ0) is 13.1. The maximum atomic E-state index is 5.39. The fraction of sp³-hybridized carbons (Fsp3) is 0.769. The number of aryl methyl sites for hydroxylation is 2. The Morgan fingerprint density at radius 1 is 1.35 bits per heavy atom. The van der Waals surface area contributed by atoms with Crippen molar-refractivity contribution in [3.8, 4) is 5.88 Å². The van der Waals surface area contributed by atoms with E-state index in [0.717, 1.165) is 36.5 Å². The summed E-state index contributed by atoms with van der Waals surface area (Å²) in [5, 5.41) is 7.99. The summed E-state index contributed by atoms with van der Waals surface area (Å²) in [5.41, 5.74) is 2.38. The van der Waals surface area contributed by atoms with Gasteiger partial charge in [0.15, 0.2) is 0 Å². The van der Waals surface area contributed by atoms with Gasteiger partial charge >= 0.3 is 0 Å². The topological polar surface area (TPSA) is 39.1 Å². The Hall–Kier alpha value is -1.03. The van der Waals surface area contributed by atoms with E-state index >= 15 is 0 Å².